The van der Waals surface area contributed by atoms with Gasteiger partial charge < -0.3 is 0 Å². The van der Waals surface area contributed by atoms with Gasteiger partial charge >= 0.3 is 0 Å². The van der Waals surface area contributed by atoms with Crippen LogP contribution in [-0.2, 0) is 0 Å². The summed E-state index contributed by atoms with van der Waals surface area (Å²) in [5.74, 6) is 2.86. The van der Waals surface area contributed by atoms with E-state index in [0.29, 0.717) is 0 Å². The molecule has 0 fully saturated rings. The van der Waals surface area contributed by atoms with E-state index in [-0.39, 0.29) is 0 Å². The fraction of sp³-hybridized carbons (Fsp3) is 1.00. The Bertz CT molecular complexity index is 206. The molecular weight excluding hydrogens is 264 g/mol. The molecule has 0 aliphatic heterocycles. The fourth-order valence-corrected chi connectivity index (χ4v) is 3.64. The van der Waals surface area contributed by atoms with E-state index in [4.69, 9.17) is 0 Å². The van der Waals surface area contributed by atoms with Crippen molar-refractivity contribution in [1.82, 2.24) is 0 Å². The second-order valence-electron chi connectivity index (χ2n) is 8.23. The van der Waals surface area contributed by atoms with Crippen LogP contribution in [0.15, 0.2) is 0 Å². The first-order chi connectivity index (χ1) is 10.6. The third kappa shape index (κ3) is 14.9. The Morgan fingerprint density at radius 2 is 1.09 bits per heavy atom. The van der Waals surface area contributed by atoms with Crippen LogP contribution in [-0.4, -0.2) is 0 Å². The molecule has 0 rings (SSSR count). The van der Waals surface area contributed by atoms with E-state index in [1.807, 2.05) is 0 Å². The molecular formula is C22H46. The summed E-state index contributed by atoms with van der Waals surface area (Å²) >= 11 is 0. The van der Waals surface area contributed by atoms with Gasteiger partial charge in [-0.05, 0) is 24.2 Å². The van der Waals surface area contributed by atoms with Crippen molar-refractivity contribution in [2.45, 2.75) is 125 Å². The maximum Gasteiger partial charge on any atom is -0.0412 e. The maximum absolute atomic E-state index is 2.51. The van der Waals surface area contributed by atoms with Gasteiger partial charge in [0.2, 0.25) is 0 Å². The van der Waals surface area contributed by atoms with Gasteiger partial charge in [-0.25, -0.2) is 0 Å². The molecule has 0 N–H and O–H groups in total. The molecule has 0 heterocycles. The normalized spacial score (nSPS) is 14.5. The van der Waals surface area contributed by atoms with E-state index in [1.54, 1.807) is 0 Å². The minimum absolute atomic E-state index is 0.888. The number of hydrogen-bond acceptors (Lipinski definition) is 0. The third-order valence-corrected chi connectivity index (χ3v) is 5.15. The lowest BCUT2D eigenvalue weighted by molar-refractivity contribution is 0.315. The average molecular weight is 311 g/mol. The Morgan fingerprint density at radius 1 is 0.545 bits per heavy atom. The van der Waals surface area contributed by atoms with Crippen LogP contribution in [0.3, 0.4) is 0 Å². The first-order valence-corrected chi connectivity index (χ1v) is 10.6. The molecule has 0 aliphatic rings. The largest absolute Gasteiger partial charge is 0.0654 e. The minimum atomic E-state index is 0.888. The molecule has 0 spiro atoms. The van der Waals surface area contributed by atoms with Gasteiger partial charge in [0.25, 0.3) is 0 Å². The highest BCUT2D eigenvalue weighted by atomic mass is 14.2. The quantitative estimate of drug-likeness (QED) is 0.251. The highest BCUT2D eigenvalue weighted by Crippen LogP contribution is 2.27. The average Bonchev–Trinajstić information content (AvgIpc) is 2.48. The fourth-order valence-electron chi connectivity index (χ4n) is 3.64. The van der Waals surface area contributed by atoms with Gasteiger partial charge in [0.1, 0.15) is 0 Å². The predicted octanol–water partition coefficient (Wildman–Crippen LogP) is 8.40. The molecule has 22 heavy (non-hydrogen) atoms. The van der Waals surface area contributed by atoms with Gasteiger partial charge in [-0.2, -0.15) is 0 Å². The minimum Gasteiger partial charge on any atom is -0.0654 e. The highest BCUT2D eigenvalue weighted by Gasteiger charge is 2.13. The van der Waals surface area contributed by atoms with Crippen LogP contribution in [0.25, 0.3) is 0 Å². The van der Waals surface area contributed by atoms with Crippen LogP contribution in [0.1, 0.15) is 125 Å². The van der Waals surface area contributed by atoms with Crippen molar-refractivity contribution in [3.8, 4) is 0 Å². The zero-order chi connectivity index (χ0) is 16.6. The molecule has 0 saturated carbocycles. The summed E-state index contributed by atoms with van der Waals surface area (Å²) < 4.78 is 0. The van der Waals surface area contributed by atoms with Gasteiger partial charge in [0, 0.05) is 0 Å². The number of hydrogen-bond donors (Lipinski definition) is 0. The van der Waals surface area contributed by atoms with Crippen LogP contribution in [0.4, 0.5) is 0 Å². The predicted molar refractivity (Wildman–Crippen MR) is 103 cm³/mol. The topological polar surface area (TPSA) is 0 Å². The Kier molecular flexibility index (Phi) is 15.9. The molecule has 0 aromatic carbocycles. The second-order valence-corrected chi connectivity index (χ2v) is 8.23. The van der Waals surface area contributed by atoms with E-state index in [1.165, 1.54) is 89.9 Å². The van der Waals surface area contributed by atoms with Gasteiger partial charge in [-0.15, -0.1) is 0 Å². The molecule has 0 radical (unpaired) electrons. The molecule has 0 aliphatic carbocycles. The van der Waals surface area contributed by atoms with Gasteiger partial charge in [0.05, 0.1) is 0 Å². The molecule has 0 heteroatoms. The van der Waals surface area contributed by atoms with Gasteiger partial charge in [-0.1, -0.05) is 118 Å². The van der Waals surface area contributed by atoms with E-state index < -0.39 is 0 Å². The molecule has 0 aromatic heterocycles. The first-order valence-electron chi connectivity index (χ1n) is 10.6. The zero-order valence-corrected chi connectivity index (χ0v) is 16.6. The second kappa shape index (κ2) is 15.9. The Morgan fingerprint density at radius 3 is 1.73 bits per heavy atom. The summed E-state index contributed by atoms with van der Waals surface area (Å²) in [7, 11) is 0. The lowest BCUT2D eigenvalue weighted by atomic mass is 9.85. The molecule has 2 unspecified atom stereocenters. The van der Waals surface area contributed by atoms with Crippen molar-refractivity contribution < 1.29 is 0 Å². The number of rotatable bonds is 16. The Balaban J connectivity index is 3.80. The van der Waals surface area contributed by atoms with Crippen LogP contribution in [0.5, 0.6) is 0 Å². The monoisotopic (exact) mass is 310 g/mol. The maximum atomic E-state index is 2.51. The molecule has 0 aromatic rings. The van der Waals surface area contributed by atoms with Crippen molar-refractivity contribution in [1.29, 1.82) is 0 Å². The summed E-state index contributed by atoms with van der Waals surface area (Å²) in [4.78, 5) is 0. The van der Waals surface area contributed by atoms with Crippen molar-refractivity contribution in [2.24, 2.45) is 17.8 Å². The van der Waals surface area contributed by atoms with Crippen LogP contribution in [0.2, 0.25) is 0 Å². The lowest BCUT2D eigenvalue weighted by Crippen LogP contribution is -2.07. The molecule has 0 bridgehead atoms. The highest BCUT2D eigenvalue weighted by molar-refractivity contribution is 4.65. The van der Waals surface area contributed by atoms with Crippen LogP contribution >= 0.6 is 0 Å². The summed E-state index contributed by atoms with van der Waals surface area (Å²) in [5.41, 5.74) is 0. The molecule has 0 nitrogen and oxygen atoms in total. The number of unbranched alkanes of at least 4 members (excludes halogenated alkanes) is 6. The third-order valence-electron chi connectivity index (χ3n) is 5.15. The molecule has 0 amide bonds. The van der Waals surface area contributed by atoms with Crippen LogP contribution in [0, 0.1) is 17.8 Å². The Labute approximate surface area is 142 Å². The summed E-state index contributed by atoms with van der Waals surface area (Å²) in [5, 5.41) is 0. The van der Waals surface area contributed by atoms with Gasteiger partial charge in [-0.3, -0.25) is 0 Å². The Hall–Kier alpha value is 0. The SMILES string of the molecule is CCCCCCC(CCCC)CC(C)CCCCCC(C)C. The molecule has 0 saturated heterocycles. The first kappa shape index (κ1) is 22.0. The van der Waals surface area contributed by atoms with Crippen molar-refractivity contribution in [3.05, 3.63) is 0 Å². The summed E-state index contributed by atoms with van der Waals surface area (Å²) in [6, 6.07) is 0. The van der Waals surface area contributed by atoms with E-state index in [0.717, 1.165) is 17.8 Å². The molecule has 134 valence electrons. The lowest BCUT2D eigenvalue weighted by Gasteiger charge is -2.21. The van der Waals surface area contributed by atoms with Crippen molar-refractivity contribution >= 4 is 0 Å². The van der Waals surface area contributed by atoms with E-state index >= 15 is 0 Å². The zero-order valence-electron chi connectivity index (χ0n) is 16.6. The van der Waals surface area contributed by atoms with Crippen molar-refractivity contribution in [2.75, 3.05) is 0 Å². The molecule has 2 atom stereocenters. The summed E-state index contributed by atoms with van der Waals surface area (Å²) in [6.07, 6.45) is 20.3. The standard InChI is InChI=1S/C22H46/c1-6-8-10-14-18-22(17-9-7-2)19-21(5)16-13-11-12-15-20(3)4/h20-22H,6-19H2,1-5H3. The van der Waals surface area contributed by atoms with Gasteiger partial charge in [0.15, 0.2) is 0 Å². The van der Waals surface area contributed by atoms with Crippen LogP contribution < -0.4 is 0 Å². The smallest absolute Gasteiger partial charge is 0.0412 e. The van der Waals surface area contributed by atoms with E-state index in [9.17, 15) is 0 Å². The summed E-state index contributed by atoms with van der Waals surface area (Å²) in [6.45, 7) is 11.9. The van der Waals surface area contributed by atoms with Crippen molar-refractivity contribution in [3.63, 3.8) is 0 Å². The van der Waals surface area contributed by atoms with E-state index in [2.05, 4.69) is 34.6 Å².